The van der Waals surface area contributed by atoms with E-state index in [0.717, 1.165) is 50.0 Å². The number of piperazine rings is 1. The van der Waals surface area contributed by atoms with Gasteiger partial charge >= 0.3 is 0 Å². The smallest absolute Gasteiger partial charge is 0.247 e. The van der Waals surface area contributed by atoms with Crippen molar-refractivity contribution in [1.82, 2.24) is 20.1 Å². The topological polar surface area (TPSA) is 57.2 Å². The Labute approximate surface area is 141 Å². The van der Waals surface area contributed by atoms with Crippen molar-refractivity contribution in [3.63, 3.8) is 0 Å². The van der Waals surface area contributed by atoms with Crippen LogP contribution >= 0.6 is 11.6 Å². The summed E-state index contributed by atoms with van der Waals surface area (Å²) >= 11 is 5.89. The predicted octanol–water partition coefficient (Wildman–Crippen LogP) is 1.93. The Kier molecular flexibility index (Phi) is 5.25. The molecule has 1 fully saturated rings. The second-order valence-corrected chi connectivity index (χ2v) is 6.17. The lowest BCUT2D eigenvalue weighted by atomic mass is 10.1. The molecule has 0 radical (unpaired) electrons. The van der Waals surface area contributed by atoms with Crippen molar-refractivity contribution in [3.8, 4) is 0 Å². The van der Waals surface area contributed by atoms with Crippen LogP contribution < -0.4 is 10.2 Å². The molecule has 7 heteroatoms. The van der Waals surface area contributed by atoms with Crippen LogP contribution in [0.1, 0.15) is 5.56 Å². The predicted molar refractivity (Wildman–Crippen MR) is 93.2 cm³/mol. The van der Waals surface area contributed by atoms with Crippen molar-refractivity contribution in [1.29, 1.82) is 0 Å². The molecule has 1 aliphatic heterocycles. The summed E-state index contributed by atoms with van der Waals surface area (Å²) in [7, 11) is 2.13. The maximum atomic E-state index is 5.89. The number of aromatic nitrogens is 3. The highest BCUT2D eigenvalue weighted by Gasteiger charge is 2.17. The summed E-state index contributed by atoms with van der Waals surface area (Å²) < 4.78 is 0. The van der Waals surface area contributed by atoms with Crippen LogP contribution in [0.3, 0.4) is 0 Å². The standard InChI is InChI=1S/C16H21ClN6/c1-22-8-10-23(11-9-22)16-20-15(12-19-21-16)18-7-6-13-2-4-14(17)5-3-13/h2-5,12H,6-11H2,1H3,(H,18,20,21). The first-order chi connectivity index (χ1) is 11.2. The fraction of sp³-hybridized carbons (Fsp3) is 0.438. The molecule has 0 unspecified atom stereocenters. The summed E-state index contributed by atoms with van der Waals surface area (Å²) in [4.78, 5) is 9.05. The molecule has 0 amide bonds. The SMILES string of the molecule is CN1CCN(c2nncc(NCCc3ccc(Cl)cc3)n2)CC1. The van der Waals surface area contributed by atoms with Gasteiger partial charge in [0.15, 0.2) is 5.82 Å². The van der Waals surface area contributed by atoms with E-state index in [1.165, 1.54) is 5.56 Å². The first-order valence-corrected chi connectivity index (χ1v) is 8.20. The second kappa shape index (κ2) is 7.57. The van der Waals surface area contributed by atoms with Crippen molar-refractivity contribution in [2.75, 3.05) is 50.0 Å². The third-order valence-corrected chi connectivity index (χ3v) is 4.22. The minimum absolute atomic E-state index is 0.703. The number of nitrogens with zero attached hydrogens (tertiary/aromatic N) is 5. The zero-order valence-electron chi connectivity index (χ0n) is 13.2. The number of rotatable bonds is 5. The molecule has 0 spiro atoms. The fourth-order valence-electron chi connectivity index (χ4n) is 2.51. The van der Waals surface area contributed by atoms with Gasteiger partial charge in [-0.3, -0.25) is 0 Å². The highest BCUT2D eigenvalue weighted by molar-refractivity contribution is 6.30. The Morgan fingerprint density at radius 2 is 1.87 bits per heavy atom. The molecule has 122 valence electrons. The lowest BCUT2D eigenvalue weighted by Crippen LogP contribution is -2.45. The van der Waals surface area contributed by atoms with E-state index >= 15 is 0 Å². The lowest BCUT2D eigenvalue weighted by molar-refractivity contribution is 0.311. The summed E-state index contributed by atoms with van der Waals surface area (Å²) in [6, 6.07) is 7.90. The van der Waals surface area contributed by atoms with Gasteiger partial charge < -0.3 is 15.1 Å². The van der Waals surface area contributed by atoms with Crippen LogP contribution in [0.4, 0.5) is 11.8 Å². The van der Waals surface area contributed by atoms with E-state index in [4.69, 9.17) is 11.6 Å². The molecule has 1 saturated heterocycles. The average Bonchev–Trinajstić information content (AvgIpc) is 2.58. The molecule has 2 aromatic rings. The van der Waals surface area contributed by atoms with Gasteiger partial charge in [-0.1, -0.05) is 23.7 Å². The summed E-state index contributed by atoms with van der Waals surface area (Å²) in [5.41, 5.74) is 1.24. The van der Waals surface area contributed by atoms with Gasteiger partial charge in [0.25, 0.3) is 0 Å². The van der Waals surface area contributed by atoms with Crippen molar-refractivity contribution in [2.45, 2.75) is 6.42 Å². The Bertz CT molecular complexity index is 625. The van der Waals surface area contributed by atoms with Crippen molar-refractivity contribution >= 4 is 23.4 Å². The number of halogens is 1. The number of anilines is 2. The number of nitrogens with one attached hydrogen (secondary N) is 1. The van der Waals surface area contributed by atoms with Gasteiger partial charge in [-0.2, -0.15) is 10.1 Å². The number of benzene rings is 1. The Morgan fingerprint density at radius 1 is 1.13 bits per heavy atom. The average molecular weight is 333 g/mol. The summed E-state index contributed by atoms with van der Waals surface area (Å²) in [5, 5.41) is 12.3. The molecule has 0 saturated carbocycles. The largest absolute Gasteiger partial charge is 0.368 e. The molecule has 2 heterocycles. The van der Waals surface area contributed by atoms with Gasteiger partial charge in [0.1, 0.15) is 0 Å². The minimum atomic E-state index is 0.703. The molecule has 0 bridgehead atoms. The molecule has 0 atom stereocenters. The monoisotopic (exact) mass is 332 g/mol. The van der Waals surface area contributed by atoms with Gasteiger partial charge in [0.05, 0.1) is 6.20 Å². The highest BCUT2D eigenvalue weighted by atomic mass is 35.5. The minimum Gasteiger partial charge on any atom is -0.368 e. The molecular weight excluding hydrogens is 312 g/mol. The van der Waals surface area contributed by atoms with Crippen LogP contribution in [0.25, 0.3) is 0 Å². The number of hydrogen-bond acceptors (Lipinski definition) is 6. The fourth-order valence-corrected chi connectivity index (χ4v) is 2.63. The second-order valence-electron chi connectivity index (χ2n) is 5.74. The van der Waals surface area contributed by atoms with Crippen LogP contribution in [-0.2, 0) is 6.42 Å². The Hall–Kier alpha value is -1.92. The summed E-state index contributed by atoms with van der Waals surface area (Å²) in [6.45, 7) is 4.72. The van der Waals surface area contributed by atoms with E-state index in [1.807, 2.05) is 24.3 Å². The lowest BCUT2D eigenvalue weighted by Gasteiger charge is -2.32. The van der Waals surface area contributed by atoms with E-state index in [2.05, 4.69) is 37.3 Å². The van der Waals surface area contributed by atoms with Crippen LogP contribution in [0.15, 0.2) is 30.5 Å². The first-order valence-electron chi connectivity index (χ1n) is 7.82. The van der Waals surface area contributed by atoms with Crippen molar-refractivity contribution in [3.05, 3.63) is 41.0 Å². The van der Waals surface area contributed by atoms with Gasteiger partial charge in [-0.15, -0.1) is 5.10 Å². The number of hydrogen-bond donors (Lipinski definition) is 1. The molecule has 1 aromatic heterocycles. The van der Waals surface area contributed by atoms with E-state index in [0.29, 0.717) is 5.95 Å². The number of likely N-dealkylation sites (N-methyl/N-ethyl adjacent to an activating group) is 1. The molecule has 6 nitrogen and oxygen atoms in total. The van der Waals surface area contributed by atoms with Crippen LogP contribution in [-0.4, -0.2) is 59.9 Å². The van der Waals surface area contributed by atoms with Crippen molar-refractivity contribution < 1.29 is 0 Å². The van der Waals surface area contributed by atoms with Gasteiger partial charge in [-0.05, 0) is 31.2 Å². The van der Waals surface area contributed by atoms with Crippen LogP contribution in [0.2, 0.25) is 5.02 Å². The first kappa shape index (κ1) is 16.0. The molecule has 1 aliphatic rings. The third kappa shape index (κ3) is 4.53. The van der Waals surface area contributed by atoms with Gasteiger partial charge in [0, 0.05) is 37.7 Å². The zero-order chi connectivity index (χ0) is 16.1. The summed E-state index contributed by atoms with van der Waals surface area (Å²) in [6.07, 6.45) is 2.58. The van der Waals surface area contributed by atoms with E-state index in [1.54, 1.807) is 6.20 Å². The summed E-state index contributed by atoms with van der Waals surface area (Å²) in [5.74, 6) is 1.47. The molecule has 3 rings (SSSR count). The zero-order valence-corrected chi connectivity index (χ0v) is 14.0. The Morgan fingerprint density at radius 3 is 2.61 bits per heavy atom. The molecule has 23 heavy (non-hydrogen) atoms. The quantitative estimate of drug-likeness (QED) is 0.903. The van der Waals surface area contributed by atoms with E-state index < -0.39 is 0 Å². The molecule has 0 aliphatic carbocycles. The normalized spacial score (nSPS) is 15.7. The van der Waals surface area contributed by atoms with E-state index in [9.17, 15) is 0 Å². The maximum Gasteiger partial charge on any atom is 0.247 e. The van der Waals surface area contributed by atoms with Crippen LogP contribution in [0.5, 0.6) is 0 Å². The van der Waals surface area contributed by atoms with E-state index in [-0.39, 0.29) is 0 Å². The van der Waals surface area contributed by atoms with Gasteiger partial charge in [-0.25, -0.2) is 0 Å². The van der Waals surface area contributed by atoms with Crippen LogP contribution in [0, 0.1) is 0 Å². The maximum absolute atomic E-state index is 5.89. The third-order valence-electron chi connectivity index (χ3n) is 3.97. The Balaban J connectivity index is 1.54. The van der Waals surface area contributed by atoms with Crippen molar-refractivity contribution in [2.24, 2.45) is 0 Å². The molecule has 1 N–H and O–H groups in total. The molecular formula is C16H21ClN6. The highest BCUT2D eigenvalue weighted by Crippen LogP contribution is 2.13. The van der Waals surface area contributed by atoms with Gasteiger partial charge in [0.2, 0.25) is 5.95 Å². The molecule has 1 aromatic carbocycles.